The lowest BCUT2D eigenvalue weighted by Crippen LogP contribution is -2.25. The number of hydrogen-bond donors (Lipinski definition) is 2. The van der Waals surface area contributed by atoms with Crippen molar-refractivity contribution in [2.24, 2.45) is 0 Å². The Kier molecular flexibility index (Phi) is 4.23. The van der Waals surface area contributed by atoms with Crippen LogP contribution < -0.4 is 10.6 Å². The summed E-state index contributed by atoms with van der Waals surface area (Å²) < 4.78 is 1.86. The fraction of sp³-hybridized carbons (Fsp3) is 0.150. The highest BCUT2D eigenvalue weighted by Gasteiger charge is 2.23. The van der Waals surface area contributed by atoms with Crippen molar-refractivity contribution in [3.8, 4) is 5.69 Å². The molecule has 1 aliphatic carbocycles. The van der Waals surface area contributed by atoms with E-state index in [-0.39, 0.29) is 11.8 Å². The highest BCUT2D eigenvalue weighted by Crippen LogP contribution is 2.20. The largest absolute Gasteiger partial charge is 0.349 e. The Morgan fingerprint density at radius 3 is 2.38 bits per heavy atom. The first-order valence-corrected chi connectivity index (χ1v) is 8.50. The molecule has 1 aliphatic rings. The molecule has 0 aliphatic heterocycles. The van der Waals surface area contributed by atoms with Gasteiger partial charge in [0.2, 0.25) is 0 Å². The molecule has 1 aromatic heterocycles. The number of aromatic nitrogens is 2. The molecule has 2 aromatic carbocycles. The summed E-state index contributed by atoms with van der Waals surface area (Å²) in [5, 5.41) is 5.81. The number of hydrogen-bond acceptors (Lipinski definition) is 3. The van der Waals surface area contributed by atoms with Gasteiger partial charge in [0.15, 0.2) is 0 Å². The summed E-state index contributed by atoms with van der Waals surface area (Å²) in [4.78, 5) is 28.5. The quantitative estimate of drug-likeness (QED) is 0.746. The Morgan fingerprint density at radius 1 is 1.00 bits per heavy atom. The first kappa shape index (κ1) is 16.1. The van der Waals surface area contributed by atoms with Crippen molar-refractivity contribution in [1.29, 1.82) is 0 Å². The van der Waals surface area contributed by atoms with Crippen LogP contribution >= 0.6 is 0 Å². The third-order valence-electron chi connectivity index (χ3n) is 4.23. The summed E-state index contributed by atoms with van der Waals surface area (Å²) >= 11 is 0. The van der Waals surface area contributed by atoms with E-state index in [4.69, 9.17) is 0 Å². The molecule has 6 nitrogen and oxygen atoms in total. The topological polar surface area (TPSA) is 76.0 Å². The van der Waals surface area contributed by atoms with Crippen molar-refractivity contribution in [2.45, 2.75) is 18.9 Å². The fourth-order valence-electron chi connectivity index (χ4n) is 2.63. The smallest absolute Gasteiger partial charge is 0.255 e. The van der Waals surface area contributed by atoms with Gasteiger partial charge in [0, 0.05) is 40.9 Å². The van der Waals surface area contributed by atoms with Gasteiger partial charge in [0.25, 0.3) is 11.8 Å². The van der Waals surface area contributed by atoms with Gasteiger partial charge in [-0.25, -0.2) is 4.98 Å². The van der Waals surface area contributed by atoms with Crippen LogP contribution in [0.4, 0.5) is 5.69 Å². The van der Waals surface area contributed by atoms with Crippen LogP contribution in [-0.2, 0) is 0 Å². The number of carbonyl (C=O) groups excluding carboxylic acids is 2. The van der Waals surface area contributed by atoms with E-state index >= 15 is 0 Å². The molecule has 1 heterocycles. The van der Waals surface area contributed by atoms with Gasteiger partial charge < -0.3 is 15.2 Å². The minimum Gasteiger partial charge on any atom is -0.349 e. The summed E-state index contributed by atoms with van der Waals surface area (Å²) in [6, 6.07) is 14.5. The van der Waals surface area contributed by atoms with Gasteiger partial charge in [-0.15, -0.1) is 0 Å². The highest BCUT2D eigenvalue weighted by molar-refractivity contribution is 6.05. The molecule has 3 aromatic rings. The van der Waals surface area contributed by atoms with Crippen molar-refractivity contribution in [2.75, 3.05) is 5.32 Å². The fourth-order valence-corrected chi connectivity index (χ4v) is 2.63. The SMILES string of the molecule is O=C(Nc1cccc(-n2ccnc2)c1)c1ccc(C(=O)NC2CC2)cc1. The minimum atomic E-state index is -0.220. The van der Waals surface area contributed by atoms with E-state index in [1.165, 1.54) is 0 Å². The second-order valence-electron chi connectivity index (χ2n) is 6.30. The van der Waals surface area contributed by atoms with Crippen LogP contribution in [0.2, 0.25) is 0 Å². The molecule has 1 saturated carbocycles. The molecule has 0 bridgehead atoms. The molecule has 130 valence electrons. The van der Waals surface area contributed by atoms with Gasteiger partial charge in [0.1, 0.15) is 0 Å². The number of carbonyl (C=O) groups is 2. The van der Waals surface area contributed by atoms with E-state index in [2.05, 4.69) is 15.6 Å². The van der Waals surface area contributed by atoms with Crippen LogP contribution in [0, 0.1) is 0 Å². The van der Waals surface area contributed by atoms with Gasteiger partial charge in [-0.1, -0.05) is 6.07 Å². The second kappa shape index (κ2) is 6.84. The predicted octanol–water partition coefficient (Wildman–Crippen LogP) is 3.02. The van der Waals surface area contributed by atoms with E-state index in [0.29, 0.717) is 22.9 Å². The number of benzene rings is 2. The zero-order chi connectivity index (χ0) is 17.9. The Morgan fingerprint density at radius 2 is 1.73 bits per heavy atom. The van der Waals surface area contributed by atoms with E-state index in [1.807, 2.05) is 35.0 Å². The molecule has 0 spiro atoms. The summed E-state index contributed by atoms with van der Waals surface area (Å²) in [5.74, 6) is -0.311. The molecule has 26 heavy (non-hydrogen) atoms. The average molecular weight is 346 g/mol. The Balaban J connectivity index is 1.44. The zero-order valence-corrected chi connectivity index (χ0v) is 14.1. The summed E-state index contributed by atoms with van der Waals surface area (Å²) in [7, 11) is 0. The van der Waals surface area contributed by atoms with Crippen LogP contribution in [0.25, 0.3) is 5.69 Å². The second-order valence-corrected chi connectivity index (χ2v) is 6.30. The van der Waals surface area contributed by atoms with Gasteiger partial charge in [-0.05, 0) is 55.3 Å². The van der Waals surface area contributed by atoms with Crippen LogP contribution in [0.5, 0.6) is 0 Å². The number of nitrogens with zero attached hydrogens (tertiary/aromatic N) is 2. The highest BCUT2D eigenvalue weighted by atomic mass is 16.2. The molecule has 2 amide bonds. The van der Waals surface area contributed by atoms with E-state index in [0.717, 1.165) is 18.5 Å². The number of anilines is 1. The van der Waals surface area contributed by atoms with E-state index < -0.39 is 0 Å². The van der Waals surface area contributed by atoms with Crippen LogP contribution in [0.15, 0.2) is 67.3 Å². The molecule has 0 radical (unpaired) electrons. The lowest BCUT2D eigenvalue weighted by molar-refractivity contribution is 0.0949. The molecule has 6 heteroatoms. The molecular formula is C20H18N4O2. The summed E-state index contributed by atoms with van der Waals surface area (Å²) in [6.45, 7) is 0. The van der Waals surface area contributed by atoms with E-state index in [1.54, 1.807) is 36.8 Å². The molecule has 0 unspecified atom stereocenters. The maximum absolute atomic E-state index is 12.5. The Bertz CT molecular complexity index is 929. The predicted molar refractivity (Wildman–Crippen MR) is 98.4 cm³/mol. The molecule has 1 fully saturated rings. The molecule has 0 atom stereocenters. The van der Waals surface area contributed by atoms with Crippen LogP contribution in [0.1, 0.15) is 33.6 Å². The number of rotatable bonds is 5. The van der Waals surface area contributed by atoms with Crippen molar-refractivity contribution in [3.63, 3.8) is 0 Å². The van der Waals surface area contributed by atoms with Gasteiger partial charge in [0.05, 0.1) is 6.33 Å². The van der Waals surface area contributed by atoms with Crippen molar-refractivity contribution >= 4 is 17.5 Å². The first-order chi connectivity index (χ1) is 12.7. The lowest BCUT2D eigenvalue weighted by Gasteiger charge is -2.09. The van der Waals surface area contributed by atoms with Gasteiger partial charge in [-0.2, -0.15) is 0 Å². The van der Waals surface area contributed by atoms with E-state index in [9.17, 15) is 9.59 Å². The minimum absolute atomic E-state index is 0.0903. The number of nitrogens with one attached hydrogen (secondary N) is 2. The molecule has 2 N–H and O–H groups in total. The molecular weight excluding hydrogens is 328 g/mol. The van der Waals surface area contributed by atoms with Crippen molar-refractivity contribution in [3.05, 3.63) is 78.4 Å². The summed E-state index contributed by atoms with van der Waals surface area (Å²) in [5.41, 5.74) is 2.67. The summed E-state index contributed by atoms with van der Waals surface area (Å²) in [6.07, 6.45) is 7.33. The molecule has 4 rings (SSSR count). The standard InChI is InChI=1S/C20H18N4O2/c25-19(22-16-8-9-16)14-4-6-15(7-5-14)20(26)23-17-2-1-3-18(12-17)24-11-10-21-13-24/h1-7,10-13,16H,8-9H2,(H,22,25)(H,23,26). The molecule has 0 saturated heterocycles. The third-order valence-corrected chi connectivity index (χ3v) is 4.23. The number of amides is 2. The monoisotopic (exact) mass is 346 g/mol. The maximum Gasteiger partial charge on any atom is 0.255 e. The normalized spacial score (nSPS) is 13.2. The maximum atomic E-state index is 12.5. The Hall–Kier alpha value is -3.41. The third kappa shape index (κ3) is 3.64. The van der Waals surface area contributed by atoms with Crippen molar-refractivity contribution in [1.82, 2.24) is 14.9 Å². The van der Waals surface area contributed by atoms with Crippen LogP contribution in [0.3, 0.4) is 0 Å². The zero-order valence-electron chi connectivity index (χ0n) is 14.1. The van der Waals surface area contributed by atoms with Gasteiger partial charge >= 0.3 is 0 Å². The Labute approximate surface area is 150 Å². The average Bonchev–Trinajstić information content (AvgIpc) is 3.30. The number of imidazole rings is 1. The van der Waals surface area contributed by atoms with Gasteiger partial charge in [-0.3, -0.25) is 9.59 Å². The van der Waals surface area contributed by atoms with Crippen molar-refractivity contribution < 1.29 is 9.59 Å². The first-order valence-electron chi connectivity index (χ1n) is 8.50. The van der Waals surface area contributed by atoms with Crippen LogP contribution in [-0.4, -0.2) is 27.4 Å². The lowest BCUT2D eigenvalue weighted by atomic mass is 10.1.